The third kappa shape index (κ3) is 5.58. The normalized spacial score (nSPS) is 10.5. The molecule has 0 unspecified atom stereocenters. The van der Waals surface area contributed by atoms with Gasteiger partial charge in [0.2, 0.25) is 0 Å². The van der Waals surface area contributed by atoms with Crippen LogP contribution in [-0.2, 0) is 0 Å². The van der Waals surface area contributed by atoms with Crippen LogP contribution in [0.4, 0.5) is 0 Å². The molecule has 2 nitrogen and oxygen atoms in total. The van der Waals surface area contributed by atoms with Crippen LogP contribution in [0.1, 0.15) is 45.4 Å². The number of hydrogen-bond acceptors (Lipinski definition) is 2. The predicted molar refractivity (Wildman–Crippen MR) is 88.5 cm³/mol. The van der Waals surface area contributed by atoms with Crippen molar-refractivity contribution in [3.63, 3.8) is 0 Å². The summed E-state index contributed by atoms with van der Waals surface area (Å²) < 4.78 is 5.74. The van der Waals surface area contributed by atoms with Crippen LogP contribution >= 0.6 is 0 Å². The van der Waals surface area contributed by atoms with Crippen molar-refractivity contribution in [2.24, 2.45) is 0 Å². The molecule has 0 aliphatic heterocycles. The lowest BCUT2D eigenvalue weighted by molar-refractivity contribution is 0.303. The van der Waals surface area contributed by atoms with Gasteiger partial charge in [-0.25, -0.2) is 0 Å². The number of benzene rings is 1. The topological polar surface area (TPSA) is 22.1 Å². The number of pyridine rings is 1. The van der Waals surface area contributed by atoms with Gasteiger partial charge in [-0.05, 0) is 18.6 Å². The minimum Gasteiger partial charge on any atom is -0.492 e. The fourth-order valence-electron chi connectivity index (χ4n) is 2.32. The van der Waals surface area contributed by atoms with Crippen molar-refractivity contribution in [2.45, 2.75) is 45.4 Å². The maximum Gasteiger partial charge on any atom is 0.137 e. The van der Waals surface area contributed by atoms with E-state index in [1.165, 1.54) is 32.1 Å². The number of ether oxygens (including phenoxy) is 1. The molecular weight excluding hydrogens is 258 g/mol. The summed E-state index contributed by atoms with van der Waals surface area (Å²) in [7, 11) is 0. The molecule has 0 aliphatic carbocycles. The number of unbranched alkanes of at least 4 members (excludes halogenated alkanes) is 5. The molecule has 0 aliphatic rings. The highest BCUT2D eigenvalue weighted by Gasteiger charge is 1.99. The first-order valence-electron chi connectivity index (χ1n) is 8.04. The molecule has 2 heteroatoms. The van der Waals surface area contributed by atoms with Crippen molar-refractivity contribution in [2.75, 3.05) is 6.61 Å². The van der Waals surface area contributed by atoms with Gasteiger partial charge in [-0.3, -0.25) is 4.98 Å². The molecular formula is C19H25NO. The minimum absolute atomic E-state index is 0.790. The summed E-state index contributed by atoms with van der Waals surface area (Å²) >= 11 is 0. The summed E-state index contributed by atoms with van der Waals surface area (Å²) in [5.41, 5.74) is 2.13. The first-order valence-corrected chi connectivity index (χ1v) is 8.04. The summed E-state index contributed by atoms with van der Waals surface area (Å²) in [5.74, 6) is 0.864. The van der Waals surface area contributed by atoms with Crippen LogP contribution in [0.5, 0.6) is 5.75 Å². The molecule has 0 radical (unpaired) electrons. The third-order valence-electron chi connectivity index (χ3n) is 3.57. The van der Waals surface area contributed by atoms with E-state index in [9.17, 15) is 0 Å². The second-order valence-electron chi connectivity index (χ2n) is 5.36. The van der Waals surface area contributed by atoms with Gasteiger partial charge < -0.3 is 4.74 Å². The van der Waals surface area contributed by atoms with Crippen molar-refractivity contribution in [3.8, 4) is 17.0 Å². The van der Waals surface area contributed by atoms with Crippen LogP contribution < -0.4 is 4.74 Å². The molecule has 0 amide bonds. The smallest absolute Gasteiger partial charge is 0.137 e. The number of aromatic nitrogens is 1. The van der Waals surface area contributed by atoms with Gasteiger partial charge >= 0.3 is 0 Å². The van der Waals surface area contributed by atoms with Crippen LogP contribution in [0, 0.1) is 0 Å². The number of nitrogens with zero attached hydrogens (tertiary/aromatic N) is 1. The van der Waals surface area contributed by atoms with Gasteiger partial charge in [0.25, 0.3) is 0 Å². The van der Waals surface area contributed by atoms with E-state index in [4.69, 9.17) is 4.74 Å². The molecule has 112 valence electrons. The molecule has 2 aromatic rings. The molecule has 21 heavy (non-hydrogen) atoms. The Balaban J connectivity index is 1.71. The molecule has 0 spiro atoms. The van der Waals surface area contributed by atoms with Crippen LogP contribution in [0.2, 0.25) is 0 Å². The van der Waals surface area contributed by atoms with Crippen LogP contribution in [0.25, 0.3) is 11.3 Å². The second kappa shape index (κ2) is 9.17. The van der Waals surface area contributed by atoms with E-state index in [2.05, 4.69) is 24.0 Å². The highest BCUT2D eigenvalue weighted by Crippen LogP contribution is 2.19. The van der Waals surface area contributed by atoms with Gasteiger partial charge in [-0.2, -0.15) is 0 Å². The molecule has 0 fully saturated rings. The zero-order valence-electron chi connectivity index (χ0n) is 12.9. The average molecular weight is 283 g/mol. The average Bonchev–Trinajstić information content (AvgIpc) is 2.55. The lowest BCUT2D eigenvalue weighted by Crippen LogP contribution is -1.98. The molecule has 1 aromatic heterocycles. The van der Waals surface area contributed by atoms with E-state index in [0.717, 1.165) is 30.0 Å². The largest absolute Gasteiger partial charge is 0.492 e. The predicted octanol–water partition coefficient (Wildman–Crippen LogP) is 5.49. The zero-order chi connectivity index (χ0) is 14.8. The maximum atomic E-state index is 5.74. The summed E-state index contributed by atoms with van der Waals surface area (Å²) in [6, 6.07) is 14.2. The molecule has 0 N–H and O–H groups in total. The zero-order valence-corrected chi connectivity index (χ0v) is 12.9. The fraction of sp³-hybridized carbons (Fsp3) is 0.421. The molecule has 1 aromatic carbocycles. The van der Waals surface area contributed by atoms with Gasteiger partial charge in [0.1, 0.15) is 5.75 Å². The monoisotopic (exact) mass is 283 g/mol. The molecule has 0 saturated carbocycles. The Labute approximate surface area is 128 Å². The Bertz CT molecular complexity index is 493. The van der Waals surface area contributed by atoms with Gasteiger partial charge in [-0.15, -0.1) is 0 Å². The Morgan fingerprint density at radius 1 is 0.857 bits per heavy atom. The van der Waals surface area contributed by atoms with Crippen molar-refractivity contribution in [3.05, 3.63) is 48.7 Å². The SMILES string of the molecule is CCCCCCCCOc1ccc(-c2ccccc2)nc1. The van der Waals surface area contributed by atoms with Crippen LogP contribution in [-0.4, -0.2) is 11.6 Å². The van der Waals surface area contributed by atoms with Crippen molar-refractivity contribution < 1.29 is 4.74 Å². The fourth-order valence-corrected chi connectivity index (χ4v) is 2.32. The Hall–Kier alpha value is -1.83. The molecule has 1 heterocycles. The van der Waals surface area contributed by atoms with Gasteiger partial charge in [0.05, 0.1) is 18.5 Å². The Morgan fingerprint density at radius 3 is 2.33 bits per heavy atom. The van der Waals surface area contributed by atoms with Crippen molar-refractivity contribution in [1.82, 2.24) is 4.98 Å². The van der Waals surface area contributed by atoms with Crippen molar-refractivity contribution >= 4 is 0 Å². The van der Waals surface area contributed by atoms with Crippen LogP contribution in [0.15, 0.2) is 48.7 Å². The van der Waals surface area contributed by atoms with Gasteiger partial charge in [0.15, 0.2) is 0 Å². The van der Waals surface area contributed by atoms with E-state index >= 15 is 0 Å². The van der Waals surface area contributed by atoms with Crippen molar-refractivity contribution in [1.29, 1.82) is 0 Å². The number of hydrogen-bond donors (Lipinski definition) is 0. The number of rotatable bonds is 9. The molecule has 0 atom stereocenters. The Morgan fingerprint density at radius 2 is 1.62 bits per heavy atom. The van der Waals surface area contributed by atoms with E-state index in [1.807, 2.05) is 36.5 Å². The lowest BCUT2D eigenvalue weighted by Gasteiger charge is -2.07. The maximum absolute atomic E-state index is 5.74. The standard InChI is InChI=1S/C19H25NO/c1-2-3-4-5-6-10-15-21-18-13-14-19(20-16-18)17-11-8-7-9-12-17/h7-9,11-14,16H,2-6,10,15H2,1H3. The summed E-state index contributed by atoms with van der Waals surface area (Å²) in [6.07, 6.45) is 9.53. The van der Waals surface area contributed by atoms with E-state index in [-0.39, 0.29) is 0 Å². The molecule has 0 bridgehead atoms. The summed E-state index contributed by atoms with van der Waals surface area (Å²) in [5, 5.41) is 0. The molecule has 2 rings (SSSR count). The Kier molecular flexibility index (Phi) is 6.79. The first-order chi connectivity index (χ1) is 10.4. The highest BCUT2D eigenvalue weighted by molar-refractivity contribution is 5.58. The van der Waals surface area contributed by atoms with E-state index in [1.54, 1.807) is 0 Å². The summed E-state index contributed by atoms with van der Waals surface area (Å²) in [4.78, 5) is 4.46. The quantitative estimate of drug-likeness (QED) is 0.568. The molecule has 0 saturated heterocycles. The van der Waals surface area contributed by atoms with E-state index in [0.29, 0.717) is 0 Å². The summed E-state index contributed by atoms with van der Waals surface area (Å²) in [6.45, 7) is 3.04. The van der Waals surface area contributed by atoms with Gasteiger partial charge in [0, 0.05) is 5.56 Å². The minimum atomic E-state index is 0.790. The second-order valence-corrected chi connectivity index (χ2v) is 5.36. The van der Waals surface area contributed by atoms with E-state index < -0.39 is 0 Å². The van der Waals surface area contributed by atoms with Gasteiger partial charge in [-0.1, -0.05) is 69.4 Å². The first kappa shape index (κ1) is 15.6. The third-order valence-corrected chi connectivity index (χ3v) is 3.57. The highest BCUT2D eigenvalue weighted by atomic mass is 16.5. The lowest BCUT2D eigenvalue weighted by atomic mass is 10.1. The van der Waals surface area contributed by atoms with Crippen LogP contribution in [0.3, 0.4) is 0 Å².